The normalized spacial score (nSPS) is 15.3. The Morgan fingerprint density at radius 3 is 2.67 bits per heavy atom. The van der Waals surface area contributed by atoms with E-state index >= 15 is 0 Å². The van der Waals surface area contributed by atoms with Crippen LogP contribution in [0.5, 0.6) is 0 Å². The minimum atomic E-state index is -0.293. The van der Waals surface area contributed by atoms with E-state index in [4.69, 9.17) is 17.3 Å². The zero-order chi connectivity index (χ0) is 15.0. The van der Waals surface area contributed by atoms with E-state index in [1.54, 1.807) is 0 Å². The van der Waals surface area contributed by atoms with Crippen molar-refractivity contribution in [1.29, 1.82) is 0 Å². The molecule has 1 atom stereocenters. The predicted molar refractivity (Wildman–Crippen MR) is 87.7 cm³/mol. The fraction of sp³-hybridized carbons (Fsp3) is 0.188. The van der Waals surface area contributed by atoms with Gasteiger partial charge in [-0.1, -0.05) is 29.8 Å². The van der Waals surface area contributed by atoms with Gasteiger partial charge in [0.25, 0.3) is 5.91 Å². The van der Waals surface area contributed by atoms with Crippen LogP contribution in [0.15, 0.2) is 40.9 Å². The summed E-state index contributed by atoms with van der Waals surface area (Å²) in [6, 6.07) is 11.2. The summed E-state index contributed by atoms with van der Waals surface area (Å²) in [4.78, 5) is 11.9. The smallest absolute Gasteiger partial charge is 0.251 e. The van der Waals surface area contributed by atoms with Crippen LogP contribution in [-0.2, 0) is 6.42 Å². The second-order valence-electron chi connectivity index (χ2n) is 5.07. The molecule has 2 aromatic rings. The van der Waals surface area contributed by atoms with Crippen LogP contribution in [0, 0.1) is 0 Å². The van der Waals surface area contributed by atoms with E-state index in [9.17, 15) is 4.79 Å². The largest absolute Gasteiger partial charge is 0.352 e. The maximum absolute atomic E-state index is 11.9. The Morgan fingerprint density at radius 2 is 1.90 bits per heavy atom. The summed E-state index contributed by atoms with van der Waals surface area (Å²) in [5.41, 5.74) is 9.98. The van der Waals surface area contributed by atoms with Crippen LogP contribution in [0.4, 0.5) is 0 Å². The van der Waals surface area contributed by atoms with Crippen molar-refractivity contribution in [3.8, 4) is 0 Å². The zero-order valence-electron chi connectivity index (χ0n) is 11.2. The lowest BCUT2D eigenvalue weighted by molar-refractivity contribution is 0.0946. The molecule has 1 aliphatic rings. The molecule has 3 nitrogen and oxygen atoms in total. The van der Waals surface area contributed by atoms with Crippen LogP contribution in [0.1, 0.15) is 33.1 Å². The molecule has 0 saturated carbocycles. The molecule has 0 radical (unpaired) electrons. The number of benzene rings is 2. The van der Waals surface area contributed by atoms with Crippen molar-refractivity contribution in [1.82, 2.24) is 5.32 Å². The number of nitrogens with two attached hydrogens (primary N) is 1. The van der Waals surface area contributed by atoms with Gasteiger partial charge in [0.05, 0.1) is 11.1 Å². The van der Waals surface area contributed by atoms with Crippen molar-refractivity contribution >= 4 is 33.4 Å². The number of hydrogen-bond acceptors (Lipinski definition) is 2. The number of carbonyl (C=O) groups excluding carboxylic acids is 1. The standard InChI is InChI=1S/C16H14BrClN2O/c17-13-8-11(3-4-14(13)18)15(19)10-2-1-9-5-6-20-16(21)12(9)7-10/h1-4,7-8,15H,5-6,19H2,(H,20,21). The van der Waals surface area contributed by atoms with Crippen molar-refractivity contribution < 1.29 is 4.79 Å². The summed E-state index contributed by atoms with van der Waals surface area (Å²) in [7, 11) is 0. The maximum atomic E-state index is 11.9. The zero-order valence-corrected chi connectivity index (χ0v) is 13.5. The Balaban J connectivity index is 1.98. The highest BCUT2D eigenvalue weighted by Gasteiger charge is 2.19. The summed E-state index contributed by atoms with van der Waals surface area (Å²) < 4.78 is 0.813. The number of fused-ring (bicyclic) bond motifs is 1. The third-order valence-corrected chi connectivity index (χ3v) is 4.93. The Kier molecular flexibility index (Phi) is 4.02. The van der Waals surface area contributed by atoms with Crippen LogP contribution in [0.25, 0.3) is 0 Å². The van der Waals surface area contributed by atoms with Gasteiger partial charge in [-0.15, -0.1) is 0 Å². The van der Waals surface area contributed by atoms with E-state index in [0.29, 0.717) is 11.6 Å². The molecule has 1 aliphatic heterocycles. The van der Waals surface area contributed by atoms with Gasteiger partial charge in [0.2, 0.25) is 0 Å². The van der Waals surface area contributed by atoms with Gasteiger partial charge in [-0.2, -0.15) is 0 Å². The Labute approximate surface area is 136 Å². The molecular weight excluding hydrogens is 352 g/mol. The first-order chi connectivity index (χ1) is 10.1. The quantitative estimate of drug-likeness (QED) is 0.856. The molecule has 0 aliphatic carbocycles. The number of nitrogens with one attached hydrogen (secondary N) is 1. The van der Waals surface area contributed by atoms with Crippen LogP contribution in [-0.4, -0.2) is 12.5 Å². The lowest BCUT2D eigenvalue weighted by Crippen LogP contribution is -2.32. The molecule has 1 amide bonds. The van der Waals surface area contributed by atoms with E-state index in [1.807, 2.05) is 36.4 Å². The van der Waals surface area contributed by atoms with Gasteiger partial charge in [-0.05, 0) is 57.2 Å². The van der Waals surface area contributed by atoms with Crippen molar-refractivity contribution in [2.75, 3.05) is 6.54 Å². The fourth-order valence-electron chi connectivity index (χ4n) is 2.52. The number of rotatable bonds is 2. The topological polar surface area (TPSA) is 55.1 Å². The Hall–Kier alpha value is -1.36. The Bertz CT molecular complexity index is 717. The van der Waals surface area contributed by atoms with E-state index < -0.39 is 0 Å². The van der Waals surface area contributed by atoms with Crippen molar-refractivity contribution in [2.45, 2.75) is 12.5 Å². The lowest BCUT2D eigenvalue weighted by atomic mass is 9.93. The molecule has 0 saturated heterocycles. The molecule has 0 fully saturated rings. The summed E-state index contributed by atoms with van der Waals surface area (Å²) in [6.45, 7) is 0.696. The Morgan fingerprint density at radius 1 is 1.19 bits per heavy atom. The van der Waals surface area contributed by atoms with Crippen LogP contribution in [0.2, 0.25) is 5.02 Å². The minimum Gasteiger partial charge on any atom is -0.352 e. The first-order valence-corrected chi connectivity index (χ1v) is 7.85. The highest BCUT2D eigenvalue weighted by molar-refractivity contribution is 9.10. The average Bonchev–Trinajstić information content (AvgIpc) is 2.49. The van der Waals surface area contributed by atoms with E-state index in [2.05, 4.69) is 21.2 Å². The van der Waals surface area contributed by atoms with Gasteiger partial charge in [-0.25, -0.2) is 0 Å². The molecule has 5 heteroatoms. The molecule has 3 rings (SSSR count). The van der Waals surface area contributed by atoms with Gasteiger partial charge in [-0.3, -0.25) is 4.79 Å². The molecule has 1 unspecified atom stereocenters. The van der Waals surface area contributed by atoms with Gasteiger partial charge < -0.3 is 11.1 Å². The van der Waals surface area contributed by atoms with E-state index in [1.165, 1.54) is 0 Å². The molecule has 2 aromatic carbocycles. The summed E-state index contributed by atoms with van der Waals surface area (Å²) in [5, 5.41) is 3.50. The number of amides is 1. The van der Waals surface area contributed by atoms with Gasteiger partial charge in [0, 0.05) is 16.6 Å². The average molecular weight is 366 g/mol. The molecule has 21 heavy (non-hydrogen) atoms. The van der Waals surface area contributed by atoms with Crippen molar-refractivity contribution in [3.63, 3.8) is 0 Å². The van der Waals surface area contributed by atoms with E-state index in [0.717, 1.165) is 33.1 Å². The summed E-state index contributed by atoms with van der Waals surface area (Å²) in [6.07, 6.45) is 0.864. The first kappa shape index (κ1) is 14.6. The predicted octanol–water partition coefficient (Wildman–Crippen LogP) is 3.44. The molecule has 108 valence electrons. The first-order valence-electron chi connectivity index (χ1n) is 6.68. The summed E-state index contributed by atoms with van der Waals surface area (Å²) in [5.74, 6) is -0.0254. The maximum Gasteiger partial charge on any atom is 0.251 e. The highest BCUT2D eigenvalue weighted by Crippen LogP contribution is 2.29. The molecule has 0 bridgehead atoms. The minimum absolute atomic E-state index is 0.0254. The van der Waals surface area contributed by atoms with Crippen LogP contribution >= 0.6 is 27.5 Å². The SMILES string of the molecule is NC(c1ccc(Cl)c(Br)c1)c1ccc2c(c1)C(=O)NCC2. The molecule has 1 heterocycles. The van der Waals surface area contributed by atoms with Gasteiger partial charge in [0.15, 0.2) is 0 Å². The van der Waals surface area contributed by atoms with Gasteiger partial charge in [0.1, 0.15) is 0 Å². The second-order valence-corrected chi connectivity index (χ2v) is 6.34. The van der Waals surface area contributed by atoms with E-state index in [-0.39, 0.29) is 11.9 Å². The fourth-order valence-corrected chi connectivity index (χ4v) is 3.04. The summed E-state index contributed by atoms with van der Waals surface area (Å²) >= 11 is 9.41. The molecule has 0 spiro atoms. The second kappa shape index (κ2) is 5.79. The molecule has 0 aromatic heterocycles. The van der Waals surface area contributed by atoms with Crippen LogP contribution in [0.3, 0.4) is 0 Å². The van der Waals surface area contributed by atoms with Crippen molar-refractivity contribution in [3.05, 3.63) is 68.1 Å². The van der Waals surface area contributed by atoms with Crippen LogP contribution < -0.4 is 11.1 Å². The highest BCUT2D eigenvalue weighted by atomic mass is 79.9. The molecule has 3 N–H and O–H groups in total. The van der Waals surface area contributed by atoms with Crippen molar-refractivity contribution in [2.24, 2.45) is 5.73 Å². The monoisotopic (exact) mass is 364 g/mol. The lowest BCUT2D eigenvalue weighted by Gasteiger charge is -2.20. The third kappa shape index (κ3) is 2.84. The van der Waals surface area contributed by atoms with Gasteiger partial charge >= 0.3 is 0 Å². The third-order valence-electron chi connectivity index (χ3n) is 3.72. The number of carbonyl (C=O) groups is 1. The molecular formula is C16H14BrClN2O. The number of halogens is 2. The number of hydrogen-bond donors (Lipinski definition) is 2.